The predicted octanol–water partition coefficient (Wildman–Crippen LogP) is 1.42. The number of nitrogens with one attached hydrogen (secondary N) is 1. The zero-order valence-corrected chi connectivity index (χ0v) is 8.13. The Morgan fingerprint density at radius 3 is 3.08 bits per heavy atom. The van der Waals surface area contributed by atoms with E-state index in [9.17, 15) is 4.79 Å². The molecule has 0 unspecified atom stereocenters. The average Bonchev–Trinajstić information content (AvgIpc) is 2.51. The van der Waals surface area contributed by atoms with Crippen LogP contribution in [0, 0.1) is 0 Å². The molecule has 2 aromatic heterocycles. The summed E-state index contributed by atoms with van der Waals surface area (Å²) in [5.74, 6) is -0.530. The Bertz CT molecular complexity index is 477. The Balaban J connectivity index is 2.77. The van der Waals surface area contributed by atoms with E-state index in [0.29, 0.717) is 5.65 Å². The number of fused-ring (bicyclic) bond motifs is 1. The molecule has 1 amide bonds. The Kier molecular flexibility index (Phi) is 1.81. The number of primary amides is 1. The lowest BCUT2D eigenvalue weighted by Gasteiger charge is -1.97. The molecule has 2 heterocycles. The number of carbonyl (C=O) groups is 1. The number of pyridine rings is 1. The van der Waals surface area contributed by atoms with Crippen molar-refractivity contribution in [3.8, 4) is 0 Å². The van der Waals surface area contributed by atoms with Crippen LogP contribution in [-0.4, -0.2) is 15.9 Å². The third kappa shape index (κ3) is 1.31. The van der Waals surface area contributed by atoms with Crippen LogP contribution in [0.1, 0.15) is 10.5 Å². The average molecular weight is 240 g/mol. The molecule has 0 fully saturated rings. The van der Waals surface area contributed by atoms with Crippen molar-refractivity contribution in [3.63, 3.8) is 0 Å². The van der Waals surface area contributed by atoms with Gasteiger partial charge in [-0.15, -0.1) is 0 Å². The van der Waals surface area contributed by atoms with Gasteiger partial charge in [0.2, 0.25) is 0 Å². The zero-order chi connectivity index (χ0) is 9.42. The molecule has 0 bridgehead atoms. The quantitative estimate of drug-likeness (QED) is 0.791. The van der Waals surface area contributed by atoms with Gasteiger partial charge in [0.05, 0.1) is 0 Å². The van der Waals surface area contributed by atoms with Gasteiger partial charge in [-0.1, -0.05) is 0 Å². The van der Waals surface area contributed by atoms with Gasteiger partial charge in [-0.3, -0.25) is 4.79 Å². The van der Waals surface area contributed by atoms with E-state index in [4.69, 9.17) is 5.73 Å². The smallest absolute Gasteiger partial charge is 0.267 e. The maximum absolute atomic E-state index is 10.8. The first kappa shape index (κ1) is 8.25. The van der Waals surface area contributed by atoms with Crippen LogP contribution in [0.25, 0.3) is 11.0 Å². The number of hydrogen-bond acceptors (Lipinski definition) is 2. The Labute approximate surface area is 82.3 Å². The topological polar surface area (TPSA) is 71.8 Å². The number of rotatable bonds is 1. The third-order valence-electron chi connectivity index (χ3n) is 1.73. The van der Waals surface area contributed by atoms with E-state index in [1.807, 2.05) is 6.07 Å². The number of nitrogens with two attached hydrogens (primary N) is 1. The minimum absolute atomic E-state index is 0.252. The molecule has 2 rings (SSSR count). The highest BCUT2D eigenvalue weighted by Crippen LogP contribution is 2.22. The molecular formula is C8H6BrN3O. The molecule has 0 aliphatic rings. The molecule has 0 aliphatic heterocycles. The van der Waals surface area contributed by atoms with Gasteiger partial charge >= 0.3 is 0 Å². The lowest BCUT2D eigenvalue weighted by Crippen LogP contribution is -2.12. The standard InChI is InChI=1S/C8H6BrN3O/c9-5-3-6(7(10)13)12-8-4(5)1-2-11-8/h1-3H,(H2,10,13)(H,11,12). The van der Waals surface area contributed by atoms with Gasteiger partial charge in [0.25, 0.3) is 5.91 Å². The van der Waals surface area contributed by atoms with Crippen LogP contribution in [0.3, 0.4) is 0 Å². The summed E-state index contributed by atoms with van der Waals surface area (Å²) in [6, 6.07) is 3.48. The minimum Gasteiger partial charge on any atom is -0.364 e. The van der Waals surface area contributed by atoms with E-state index in [-0.39, 0.29) is 5.69 Å². The number of aromatic amines is 1. The Morgan fingerprint density at radius 2 is 2.38 bits per heavy atom. The van der Waals surface area contributed by atoms with E-state index in [0.717, 1.165) is 9.86 Å². The number of amides is 1. The fourth-order valence-corrected chi connectivity index (χ4v) is 1.66. The molecule has 0 aliphatic carbocycles. The summed E-state index contributed by atoms with van der Waals surface area (Å²) < 4.78 is 0.813. The van der Waals surface area contributed by atoms with E-state index in [1.54, 1.807) is 12.3 Å². The van der Waals surface area contributed by atoms with Gasteiger partial charge in [-0.05, 0) is 28.1 Å². The molecule has 4 nitrogen and oxygen atoms in total. The first-order chi connectivity index (χ1) is 6.18. The lowest BCUT2D eigenvalue weighted by atomic mass is 10.3. The minimum atomic E-state index is -0.530. The molecule has 0 saturated carbocycles. The maximum Gasteiger partial charge on any atom is 0.267 e. The highest BCUT2D eigenvalue weighted by atomic mass is 79.9. The largest absolute Gasteiger partial charge is 0.364 e. The van der Waals surface area contributed by atoms with Crippen molar-refractivity contribution in [2.75, 3.05) is 0 Å². The monoisotopic (exact) mass is 239 g/mol. The summed E-state index contributed by atoms with van der Waals surface area (Å²) in [6.45, 7) is 0. The van der Waals surface area contributed by atoms with Crippen LogP contribution in [0.15, 0.2) is 22.8 Å². The van der Waals surface area contributed by atoms with Gasteiger partial charge in [0.15, 0.2) is 0 Å². The van der Waals surface area contributed by atoms with Gasteiger partial charge in [0.1, 0.15) is 11.3 Å². The molecule has 66 valence electrons. The van der Waals surface area contributed by atoms with Gasteiger partial charge in [-0.25, -0.2) is 4.98 Å². The second kappa shape index (κ2) is 2.85. The summed E-state index contributed by atoms with van der Waals surface area (Å²) in [7, 11) is 0. The molecule has 3 N–H and O–H groups in total. The number of halogens is 1. The van der Waals surface area contributed by atoms with Gasteiger partial charge in [-0.2, -0.15) is 0 Å². The zero-order valence-electron chi connectivity index (χ0n) is 6.54. The van der Waals surface area contributed by atoms with Crippen LogP contribution < -0.4 is 5.73 Å². The number of nitrogens with zero attached hydrogens (tertiary/aromatic N) is 1. The number of H-pyrrole nitrogens is 1. The van der Waals surface area contributed by atoms with Crippen molar-refractivity contribution in [1.82, 2.24) is 9.97 Å². The highest BCUT2D eigenvalue weighted by Gasteiger charge is 2.07. The molecule has 13 heavy (non-hydrogen) atoms. The molecule has 0 saturated heterocycles. The van der Waals surface area contributed by atoms with Crippen LogP contribution in [-0.2, 0) is 0 Å². The van der Waals surface area contributed by atoms with Crippen molar-refractivity contribution in [1.29, 1.82) is 0 Å². The fraction of sp³-hybridized carbons (Fsp3) is 0. The molecule has 0 spiro atoms. The van der Waals surface area contributed by atoms with Crippen LogP contribution in [0.5, 0.6) is 0 Å². The van der Waals surface area contributed by atoms with Crippen LogP contribution in [0.4, 0.5) is 0 Å². The molecule has 0 atom stereocenters. The van der Waals surface area contributed by atoms with Crippen molar-refractivity contribution in [2.45, 2.75) is 0 Å². The molecule has 5 heteroatoms. The predicted molar refractivity (Wildman–Crippen MR) is 52.3 cm³/mol. The molecular weight excluding hydrogens is 234 g/mol. The second-order valence-corrected chi connectivity index (χ2v) is 3.45. The third-order valence-corrected chi connectivity index (χ3v) is 2.39. The van der Waals surface area contributed by atoms with Gasteiger partial charge < -0.3 is 10.7 Å². The normalized spacial score (nSPS) is 10.5. The van der Waals surface area contributed by atoms with E-state index in [1.165, 1.54) is 0 Å². The number of aromatic nitrogens is 2. The van der Waals surface area contributed by atoms with Crippen molar-refractivity contribution in [3.05, 3.63) is 28.5 Å². The second-order valence-electron chi connectivity index (χ2n) is 2.59. The first-order valence-electron chi connectivity index (χ1n) is 3.62. The molecule has 0 radical (unpaired) electrons. The lowest BCUT2D eigenvalue weighted by molar-refractivity contribution is 0.0996. The highest BCUT2D eigenvalue weighted by molar-refractivity contribution is 9.10. The summed E-state index contributed by atoms with van der Waals surface area (Å²) in [4.78, 5) is 17.8. The SMILES string of the molecule is NC(=O)c1cc(Br)c2cc[nH]c2n1. The summed E-state index contributed by atoms with van der Waals surface area (Å²) >= 11 is 3.33. The molecule has 2 aromatic rings. The number of carbonyl (C=O) groups excluding carboxylic acids is 1. The summed E-state index contributed by atoms with van der Waals surface area (Å²) in [5, 5.41) is 0.935. The summed E-state index contributed by atoms with van der Waals surface area (Å²) in [5.41, 5.74) is 6.01. The molecule has 0 aromatic carbocycles. The van der Waals surface area contributed by atoms with Gasteiger partial charge in [0, 0.05) is 16.1 Å². The van der Waals surface area contributed by atoms with Crippen molar-refractivity contribution < 1.29 is 4.79 Å². The van der Waals surface area contributed by atoms with E-state index < -0.39 is 5.91 Å². The Morgan fingerprint density at radius 1 is 1.62 bits per heavy atom. The summed E-state index contributed by atoms with van der Waals surface area (Å²) in [6.07, 6.45) is 1.76. The van der Waals surface area contributed by atoms with E-state index >= 15 is 0 Å². The number of hydrogen-bond donors (Lipinski definition) is 2. The maximum atomic E-state index is 10.8. The van der Waals surface area contributed by atoms with Crippen LogP contribution in [0.2, 0.25) is 0 Å². The van der Waals surface area contributed by atoms with Crippen molar-refractivity contribution >= 4 is 32.9 Å². The fourth-order valence-electron chi connectivity index (χ4n) is 1.12. The van der Waals surface area contributed by atoms with Crippen molar-refractivity contribution in [2.24, 2.45) is 5.73 Å². The Hall–Kier alpha value is -1.36. The van der Waals surface area contributed by atoms with E-state index in [2.05, 4.69) is 25.9 Å². The van der Waals surface area contributed by atoms with Crippen LogP contribution >= 0.6 is 15.9 Å². The first-order valence-corrected chi connectivity index (χ1v) is 4.41.